The monoisotopic (exact) mass is 336 g/mol. The van der Waals surface area contributed by atoms with E-state index in [2.05, 4.69) is 20.5 Å². The van der Waals surface area contributed by atoms with Gasteiger partial charge in [0.15, 0.2) is 0 Å². The van der Waals surface area contributed by atoms with E-state index in [1.807, 2.05) is 6.92 Å². The van der Waals surface area contributed by atoms with Gasteiger partial charge in [-0.25, -0.2) is 9.67 Å². The van der Waals surface area contributed by atoms with E-state index < -0.39 is 11.7 Å². The molecule has 3 aromatic rings. The Hall–Kier alpha value is -2.84. The van der Waals surface area contributed by atoms with Crippen molar-refractivity contribution in [1.82, 2.24) is 24.5 Å². The van der Waals surface area contributed by atoms with Crippen LogP contribution in [-0.2, 0) is 13.2 Å². The number of rotatable bonds is 4. The summed E-state index contributed by atoms with van der Waals surface area (Å²) < 4.78 is 40.9. The Balaban J connectivity index is 1.75. The van der Waals surface area contributed by atoms with Crippen LogP contribution in [-0.4, -0.2) is 24.5 Å². The highest BCUT2D eigenvalue weighted by atomic mass is 19.4. The molecule has 0 amide bonds. The standard InChI is InChI=1S/C15H15F3N6/c1-10(14-19-9-21-23(14)2)22-12-7-20-24(8-12)13-5-3-11(4-6-13)15(16,17)18/h3-10,22H,1-2H3. The normalized spacial score (nSPS) is 13.0. The van der Waals surface area contributed by atoms with Crippen molar-refractivity contribution in [3.63, 3.8) is 0 Å². The number of aryl methyl sites for hydroxylation is 1. The van der Waals surface area contributed by atoms with Gasteiger partial charge in [-0.2, -0.15) is 23.4 Å². The number of hydrogen-bond donors (Lipinski definition) is 1. The lowest BCUT2D eigenvalue weighted by atomic mass is 10.2. The Morgan fingerprint density at radius 2 is 1.83 bits per heavy atom. The quantitative estimate of drug-likeness (QED) is 0.795. The predicted octanol–water partition coefficient (Wildman–Crippen LogP) is 3.19. The molecule has 0 spiro atoms. The molecule has 6 nitrogen and oxygen atoms in total. The van der Waals surface area contributed by atoms with Crippen molar-refractivity contribution in [2.45, 2.75) is 19.1 Å². The van der Waals surface area contributed by atoms with Gasteiger partial charge in [-0.05, 0) is 31.2 Å². The molecule has 3 rings (SSSR count). The van der Waals surface area contributed by atoms with Crippen molar-refractivity contribution in [2.75, 3.05) is 5.32 Å². The number of alkyl halides is 3. The van der Waals surface area contributed by atoms with Crippen molar-refractivity contribution < 1.29 is 13.2 Å². The van der Waals surface area contributed by atoms with Crippen LogP contribution in [0.1, 0.15) is 24.4 Å². The Bertz CT molecular complexity index is 818. The Morgan fingerprint density at radius 1 is 1.12 bits per heavy atom. The minimum atomic E-state index is -4.35. The van der Waals surface area contributed by atoms with Gasteiger partial charge >= 0.3 is 6.18 Å². The molecule has 0 aliphatic carbocycles. The summed E-state index contributed by atoms with van der Waals surface area (Å²) in [5, 5.41) is 11.4. The van der Waals surface area contributed by atoms with Crippen molar-refractivity contribution in [3.05, 3.63) is 54.4 Å². The van der Waals surface area contributed by atoms with E-state index in [9.17, 15) is 13.2 Å². The van der Waals surface area contributed by atoms with Crippen molar-refractivity contribution in [1.29, 1.82) is 0 Å². The third-order valence-electron chi connectivity index (χ3n) is 3.56. The summed E-state index contributed by atoms with van der Waals surface area (Å²) >= 11 is 0. The number of benzene rings is 1. The molecule has 0 aliphatic heterocycles. The number of hydrogen-bond acceptors (Lipinski definition) is 4. The maximum Gasteiger partial charge on any atom is 0.416 e. The smallest absolute Gasteiger partial charge is 0.373 e. The molecular formula is C15H15F3N6. The first-order chi connectivity index (χ1) is 11.3. The van der Waals surface area contributed by atoms with Crippen molar-refractivity contribution in [3.8, 4) is 5.69 Å². The highest BCUT2D eigenvalue weighted by Crippen LogP contribution is 2.29. The Kier molecular flexibility index (Phi) is 4.00. The van der Waals surface area contributed by atoms with Gasteiger partial charge in [0.05, 0.1) is 35.4 Å². The van der Waals surface area contributed by atoms with Crippen LogP contribution in [0, 0.1) is 0 Å². The summed E-state index contributed by atoms with van der Waals surface area (Å²) in [5.74, 6) is 0.761. The molecule has 24 heavy (non-hydrogen) atoms. The van der Waals surface area contributed by atoms with Gasteiger partial charge in [0, 0.05) is 7.05 Å². The number of anilines is 1. The second kappa shape index (κ2) is 5.99. The Morgan fingerprint density at radius 3 is 2.42 bits per heavy atom. The highest BCUT2D eigenvalue weighted by molar-refractivity contribution is 5.44. The molecule has 0 saturated carbocycles. The first-order valence-electron chi connectivity index (χ1n) is 7.17. The summed E-state index contributed by atoms with van der Waals surface area (Å²) in [7, 11) is 1.80. The molecule has 9 heteroatoms. The third kappa shape index (κ3) is 3.24. The van der Waals surface area contributed by atoms with E-state index >= 15 is 0 Å². The molecule has 0 bridgehead atoms. The van der Waals surface area contributed by atoms with E-state index in [1.165, 1.54) is 23.1 Å². The number of nitrogens with zero attached hydrogens (tertiary/aromatic N) is 5. The van der Waals surface area contributed by atoms with Crippen LogP contribution in [0.4, 0.5) is 18.9 Å². The van der Waals surface area contributed by atoms with E-state index in [-0.39, 0.29) is 6.04 Å². The van der Waals surface area contributed by atoms with Crippen molar-refractivity contribution >= 4 is 5.69 Å². The first kappa shape index (κ1) is 16.0. The summed E-state index contributed by atoms with van der Waals surface area (Å²) in [6.07, 6.45) is 0.431. The van der Waals surface area contributed by atoms with Crippen LogP contribution in [0.25, 0.3) is 5.69 Å². The van der Waals surface area contributed by atoms with Crippen molar-refractivity contribution in [2.24, 2.45) is 7.05 Å². The van der Waals surface area contributed by atoms with Crippen LogP contribution >= 0.6 is 0 Å². The van der Waals surface area contributed by atoms with Crippen LogP contribution in [0.15, 0.2) is 43.0 Å². The highest BCUT2D eigenvalue weighted by Gasteiger charge is 2.30. The lowest BCUT2D eigenvalue weighted by Gasteiger charge is -2.12. The fourth-order valence-corrected chi connectivity index (χ4v) is 2.35. The molecule has 1 atom stereocenters. The van der Waals surface area contributed by atoms with Crippen LogP contribution in [0.5, 0.6) is 0 Å². The van der Waals surface area contributed by atoms with Gasteiger partial charge in [0.1, 0.15) is 12.2 Å². The molecule has 0 fully saturated rings. The molecule has 1 N–H and O–H groups in total. The van der Waals surface area contributed by atoms with E-state index in [0.29, 0.717) is 5.69 Å². The van der Waals surface area contributed by atoms with E-state index in [0.717, 1.165) is 23.6 Å². The van der Waals surface area contributed by atoms with Gasteiger partial charge in [0.2, 0.25) is 0 Å². The van der Waals surface area contributed by atoms with Gasteiger partial charge in [0.25, 0.3) is 0 Å². The number of nitrogens with one attached hydrogen (secondary N) is 1. The molecule has 0 aliphatic rings. The van der Waals surface area contributed by atoms with E-state index in [1.54, 1.807) is 24.1 Å². The van der Waals surface area contributed by atoms with Crippen LogP contribution in [0.2, 0.25) is 0 Å². The second-order valence-corrected chi connectivity index (χ2v) is 5.33. The topological polar surface area (TPSA) is 60.6 Å². The van der Waals surface area contributed by atoms with Gasteiger partial charge in [-0.1, -0.05) is 0 Å². The zero-order valence-electron chi connectivity index (χ0n) is 13.0. The molecular weight excluding hydrogens is 321 g/mol. The third-order valence-corrected chi connectivity index (χ3v) is 3.56. The fraction of sp³-hybridized carbons (Fsp3) is 0.267. The molecule has 1 unspecified atom stereocenters. The lowest BCUT2D eigenvalue weighted by molar-refractivity contribution is -0.137. The molecule has 126 valence electrons. The molecule has 0 radical (unpaired) electrons. The molecule has 2 aromatic heterocycles. The summed E-state index contributed by atoms with van der Waals surface area (Å²) in [6.45, 7) is 1.93. The lowest BCUT2D eigenvalue weighted by Crippen LogP contribution is -2.12. The average Bonchev–Trinajstić information content (AvgIpc) is 3.15. The maximum atomic E-state index is 12.6. The molecule has 0 saturated heterocycles. The summed E-state index contributed by atoms with van der Waals surface area (Å²) in [4.78, 5) is 4.17. The largest absolute Gasteiger partial charge is 0.416 e. The van der Waals surface area contributed by atoms with Gasteiger partial charge in [-0.15, -0.1) is 0 Å². The Labute approximate surface area is 135 Å². The average molecular weight is 336 g/mol. The van der Waals surface area contributed by atoms with Gasteiger partial charge < -0.3 is 5.32 Å². The number of halogens is 3. The van der Waals surface area contributed by atoms with Crippen LogP contribution in [0.3, 0.4) is 0 Å². The fourth-order valence-electron chi connectivity index (χ4n) is 2.35. The summed E-state index contributed by atoms with van der Waals surface area (Å²) in [5.41, 5.74) is 0.584. The molecule has 1 aromatic carbocycles. The minimum absolute atomic E-state index is 0.0947. The predicted molar refractivity (Wildman–Crippen MR) is 81.6 cm³/mol. The zero-order valence-corrected chi connectivity index (χ0v) is 13.0. The zero-order chi connectivity index (χ0) is 17.3. The SMILES string of the molecule is CC(Nc1cnn(-c2ccc(C(F)(F)F)cc2)c1)c1ncnn1C. The maximum absolute atomic E-state index is 12.6. The number of aromatic nitrogens is 5. The molecule has 2 heterocycles. The minimum Gasteiger partial charge on any atom is -0.373 e. The van der Waals surface area contributed by atoms with Gasteiger partial charge in [-0.3, -0.25) is 4.68 Å². The first-order valence-corrected chi connectivity index (χ1v) is 7.17. The second-order valence-electron chi connectivity index (χ2n) is 5.33. The van der Waals surface area contributed by atoms with Crippen LogP contribution < -0.4 is 5.32 Å². The summed E-state index contributed by atoms with van der Waals surface area (Å²) in [6, 6.07) is 4.73. The van der Waals surface area contributed by atoms with E-state index in [4.69, 9.17) is 0 Å².